The van der Waals surface area contributed by atoms with Gasteiger partial charge in [-0.1, -0.05) is 13.8 Å². The Kier molecular flexibility index (Phi) is 4.59. The van der Waals surface area contributed by atoms with Crippen molar-refractivity contribution < 1.29 is 9.84 Å². The Morgan fingerprint density at radius 1 is 1.05 bits per heavy atom. The molecule has 2 N–H and O–H groups in total. The summed E-state index contributed by atoms with van der Waals surface area (Å²) in [7, 11) is 0. The average molecular weight is 269 g/mol. The van der Waals surface area contributed by atoms with Crippen LogP contribution < -0.4 is 5.32 Å². The zero-order valence-electron chi connectivity index (χ0n) is 13.0. The summed E-state index contributed by atoms with van der Waals surface area (Å²) in [6.45, 7) is 9.64. The minimum Gasteiger partial charge on any atom is -0.389 e. The van der Waals surface area contributed by atoms with Crippen LogP contribution in [0, 0.1) is 5.41 Å². The molecule has 0 aromatic heterocycles. The lowest BCUT2D eigenvalue weighted by atomic mass is 9.71. The van der Waals surface area contributed by atoms with E-state index in [1.165, 1.54) is 0 Å². The van der Waals surface area contributed by atoms with Gasteiger partial charge in [0.15, 0.2) is 0 Å². The van der Waals surface area contributed by atoms with Gasteiger partial charge in [-0.2, -0.15) is 0 Å². The molecular formula is C16H31NO2. The lowest BCUT2D eigenvalue weighted by molar-refractivity contribution is -0.0548. The molecule has 2 atom stereocenters. The van der Waals surface area contributed by atoms with E-state index >= 15 is 0 Å². The fraction of sp³-hybridized carbons (Fsp3) is 1.00. The van der Waals surface area contributed by atoms with Gasteiger partial charge in [0.2, 0.25) is 0 Å². The third-order valence-corrected chi connectivity index (χ3v) is 4.95. The molecule has 1 saturated carbocycles. The second-order valence-corrected chi connectivity index (χ2v) is 7.70. The molecular weight excluding hydrogens is 238 g/mol. The first kappa shape index (κ1) is 15.3. The molecule has 0 aromatic rings. The zero-order chi connectivity index (χ0) is 14.1. The van der Waals surface area contributed by atoms with Crippen molar-refractivity contribution in [2.45, 2.75) is 90.1 Å². The summed E-state index contributed by atoms with van der Waals surface area (Å²) in [5, 5.41) is 14.3. The number of aliphatic hydroxyl groups is 1. The van der Waals surface area contributed by atoms with Crippen LogP contribution in [-0.2, 0) is 4.74 Å². The summed E-state index contributed by atoms with van der Waals surface area (Å²) in [5.74, 6) is 0. The standard InChI is InChI=1S/C16H31NO2/c1-12-9-14(10-13(2)19-12)17-11-16(18)7-5-15(3,4)6-8-16/h12-14,17-18H,5-11H2,1-4H3. The Labute approximate surface area is 118 Å². The lowest BCUT2D eigenvalue weighted by Crippen LogP contribution is -2.50. The maximum Gasteiger partial charge on any atom is 0.0772 e. The van der Waals surface area contributed by atoms with Crippen LogP contribution in [0.25, 0.3) is 0 Å². The molecule has 1 heterocycles. The van der Waals surface area contributed by atoms with Gasteiger partial charge in [0.25, 0.3) is 0 Å². The van der Waals surface area contributed by atoms with Crippen molar-refractivity contribution in [2.75, 3.05) is 6.54 Å². The maximum atomic E-state index is 10.7. The predicted octanol–water partition coefficient (Wildman–Crippen LogP) is 2.86. The molecule has 2 unspecified atom stereocenters. The molecule has 0 amide bonds. The van der Waals surface area contributed by atoms with Crippen LogP contribution >= 0.6 is 0 Å². The first-order valence-corrected chi connectivity index (χ1v) is 7.89. The molecule has 0 spiro atoms. The van der Waals surface area contributed by atoms with E-state index in [1.807, 2.05) is 0 Å². The number of ether oxygens (including phenoxy) is 1. The van der Waals surface area contributed by atoms with Gasteiger partial charge >= 0.3 is 0 Å². The van der Waals surface area contributed by atoms with Crippen LogP contribution in [0.2, 0.25) is 0 Å². The predicted molar refractivity (Wildman–Crippen MR) is 78.2 cm³/mol. The molecule has 0 bridgehead atoms. The quantitative estimate of drug-likeness (QED) is 0.828. The van der Waals surface area contributed by atoms with Crippen LogP contribution in [0.1, 0.15) is 66.2 Å². The molecule has 0 aromatic carbocycles. The van der Waals surface area contributed by atoms with Gasteiger partial charge in [0.05, 0.1) is 17.8 Å². The van der Waals surface area contributed by atoms with Crippen molar-refractivity contribution in [2.24, 2.45) is 5.41 Å². The monoisotopic (exact) mass is 269 g/mol. The second kappa shape index (κ2) is 5.71. The first-order valence-electron chi connectivity index (χ1n) is 7.89. The summed E-state index contributed by atoms with van der Waals surface area (Å²) < 4.78 is 5.76. The average Bonchev–Trinajstić information content (AvgIpc) is 2.30. The van der Waals surface area contributed by atoms with Crippen molar-refractivity contribution >= 4 is 0 Å². The smallest absolute Gasteiger partial charge is 0.0772 e. The molecule has 1 saturated heterocycles. The van der Waals surface area contributed by atoms with Crippen molar-refractivity contribution in [3.05, 3.63) is 0 Å². The molecule has 1 aliphatic carbocycles. The Morgan fingerprint density at radius 3 is 2.11 bits per heavy atom. The minimum atomic E-state index is -0.486. The molecule has 0 radical (unpaired) electrons. The molecule has 2 rings (SSSR count). The van der Waals surface area contributed by atoms with E-state index in [-0.39, 0.29) is 0 Å². The lowest BCUT2D eigenvalue weighted by Gasteiger charge is -2.42. The second-order valence-electron chi connectivity index (χ2n) is 7.70. The first-order chi connectivity index (χ1) is 8.78. The van der Waals surface area contributed by atoms with Gasteiger partial charge in [0, 0.05) is 12.6 Å². The van der Waals surface area contributed by atoms with Crippen LogP contribution in [0.3, 0.4) is 0 Å². The molecule has 2 fully saturated rings. The fourth-order valence-electron chi connectivity index (χ4n) is 3.48. The van der Waals surface area contributed by atoms with Gasteiger partial charge in [-0.15, -0.1) is 0 Å². The summed E-state index contributed by atoms with van der Waals surface area (Å²) >= 11 is 0. The molecule has 3 nitrogen and oxygen atoms in total. The largest absolute Gasteiger partial charge is 0.389 e. The highest BCUT2D eigenvalue weighted by molar-refractivity contribution is 4.92. The number of hydrogen-bond donors (Lipinski definition) is 2. The van der Waals surface area contributed by atoms with Crippen LogP contribution in [0.5, 0.6) is 0 Å². The highest BCUT2D eigenvalue weighted by Gasteiger charge is 2.37. The number of nitrogens with one attached hydrogen (secondary N) is 1. The van der Waals surface area contributed by atoms with E-state index in [0.717, 1.165) is 45.1 Å². The summed E-state index contributed by atoms with van der Waals surface area (Å²) in [6.07, 6.45) is 6.92. The zero-order valence-corrected chi connectivity index (χ0v) is 13.0. The third-order valence-electron chi connectivity index (χ3n) is 4.95. The Morgan fingerprint density at radius 2 is 1.58 bits per heavy atom. The van der Waals surface area contributed by atoms with E-state index < -0.39 is 5.60 Å². The third kappa shape index (κ3) is 4.44. The van der Waals surface area contributed by atoms with Gasteiger partial charge in [0.1, 0.15) is 0 Å². The maximum absolute atomic E-state index is 10.7. The van der Waals surface area contributed by atoms with Crippen molar-refractivity contribution in [1.29, 1.82) is 0 Å². The summed E-state index contributed by atoms with van der Waals surface area (Å²) in [6, 6.07) is 0.498. The van der Waals surface area contributed by atoms with E-state index in [1.54, 1.807) is 0 Å². The minimum absolute atomic E-state index is 0.334. The molecule has 112 valence electrons. The van der Waals surface area contributed by atoms with Gasteiger partial charge in [-0.05, 0) is 57.8 Å². The highest BCUT2D eigenvalue weighted by atomic mass is 16.5. The molecule has 19 heavy (non-hydrogen) atoms. The SMILES string of the molecule is CC1CC(NCC2(O)CCC(C)(C)CC2)CC(C)O1. The molecule has 1 aliphatic heterocycles. The Balaban J connectivity index is 1.78. The van der Waals surface area contributed by atoms with Gasteiger partial charge in [-0.25, -0.2) is 0 Å². The van der Waals surface area contributed by atoms with Crippen LogP contribution in [0.15, 0.2) is 0 Å². The topological polar surface area (TPSA) is 41.5 Å². The van der Waals surface area contributed by atoms with Crippen molar-refractivity contribution in [1.82, 2.24) is 5.32 Å². The van der Waals surface area contributed by atoms with Gasteiger partial charge in [-0.3, -0.25) is 0 Å². The van der Waals surface area contributed by atoms with Gasteiger partial charge < -0.3 is 15.2 Å². The van der Waals surface area contributed by atoms with E-state index in [2.05, 4.69) is 33.0 Å². The highest BCUT2D eigenvalue weighted by Crippen LogP contribution is 2.40. The Hall–Kier alpha value is -0.120. The van der Waals surface area contributed by atoms with Crippen LogP contribution in [0.4, 0.5) is 0 Å². The van der Waals surface area contributed by atoms with Crippen molar-refractivity contribution in [3.8, 4) is 0 Å². The van der Waals surface area contributed by atoms with E-state index in [4.69, 9.17) is 4.74 Å². The summed E-state index contributed by atoms with van der Waals surface area (Å²) in [4.78, 5) is 0. The normalized spacial score (nSPS) is 38.1. The number of hydrogen-bond acceptors (Lipinski definition) is 3. The fourth-order valence-corrected chi connectivity index (χ4v) is 3.48. The van der Waals surface area contributed by atoms with E-state index in [9.17, 15) is 5.11 Å². The number of rotatable bonds is 3. The Bertz CT molecular complexity index is 283. The van der Waals surface area contributed by atoms with Crippen molar-refractivity contribution in [3.63, 3.8) is 0 Å². The van der Waals surface area contributed by atoms with Crippen LogP contribution in [-0.4, -0.2) is 35.5 Å². The molecule has 2 aliphatic rings. The molecule has 3 heteroatoms. The van der Waals surface area contributed by atoms with E-state index in [0.29, 0.717) is 23.7 Å². The summed E-state index contributed by atoms with van der Waals surface area (Å²) in [5.41, 5.74) is -0.0752.